The summed E-state index contributed by atoms with van der Waals surface area (Å²) in [6, 6.07) is 7.77. The van der Waals surface area contributed by atoms with E-state index in [0.717, 1.165) is 48.6 Å². The summed E-state index contributed by atoms with van der Waals surface area (Å²) in [5.41, 5.74) is -9.05. The van der Waals surface area contributed by atoms with Crippen molar-refractivity contribution in [2.24, 2.45) is 0 Å². The van der Waals surface area contributed by atoms with Crippen LogP contribution in [0.5, 0.6) is 0 Å². The van der Waals surface area contributed by atoms with Gasteiger partial charge in [0.05, 0.1) is 21.2 Å². The Balaban J connectivity index is 1.76. The topological polar surface area (TPSA) is 95.5 Å². The Morgan fingerprint density at radius 1 is 0.698 bits per heavy atom. The number of allylic oxidation sites excluding steroid dienone is 2. The van der Waals surface area contributed by atoms with Crippen LogP contribution in [-0.2, 0) is 28.2 Å². The predicted octanol–water partition coefficient (Wildman–Crippen LogP) is 8.95. The van der Waals surface area contributed by atoms with E-state index >= 15 is 0 Å². The minimum absolute atomic E-state index is 0.327. The zero-order valence-electron chi connectivity index (χ0n) is 20.8. The van der Waals surface area contributed by atoms with Gasteiger partial charge >= 0.3 is 12.4 Å². The van der Waals surface area contributed by atoms with Crippen molar-refractivity contribution in [2.45, 2.75) is 33.1 Å². The first-order chi connectivity index (χ1) is 19.9. The highest BCUT2D eigenvalue weighted by molar-refractivity contribution is 9.10. The number of halogens is 10. The van der Waals surface area contributed by atoms with Crippen molar-refractivity contribution >= 4 is 55.1 Å². The second-order valence-corrected chi connectivity index (χ2v) is 11.8. The van der Waals surface area contributed by atoms with E-state index in [1.54, 1.807) is 0 Å². The molecule has 0 N–H and O–H groups in total. The summed E-state index contributed by atoms with van der Waals surface area (Å²) in [6.45, 7) is 0. The van der Waals surface area contributed by atoms with Crippen molar-refractivity contribution in [2.75, 3.05) is 0 Å². The number of alkyl halides is 8. The molecule has 0 bridgehead atoms. The quantitative estimate of drug-likeness (QED) is 0.126. The fourth-order valence-electron chi connectivity index (χ4n) is 4.77. The molecule has 0 saturated heterocycles. The van der Waals surface area contributed by atoms with Crippen molar-refractivity contribution in [3.63, 3.8) is 0 Å². The number of ether oxygens (including phenoxy) is 1. The van der Waals surface area contributed by atoms with Crippen molar-refractivity contribution in [1.29, 1.82) is 0 Å². The minimum atomic E-state index is -4.95. The summed E-state index contributed by atoms with van der Waals surface area (Å²) in [4.78, 5) is 19.5. The van der Waals surface area contributed by atoms with Crippen LogP contribution in [-0.4, -0.2) is 19.5 Å². The molecule has 0 heterocycles. The first kappa shape index (κ1) is 33.0. The lowest BCUT2D eigenvalue weighted by Crippen LogP contribution is -2.46. The van der Waals surface area contributed by atoms with E-state index in [0.29, 0.717) is 12.1 Å². The highest BCUT2D eigenvalue weighted by Gasteiger charge is 2.58. The summed E-state index contributed by atoms with van der Waals surface area (Å²) in [5.74, 6) is -0.653. The van der Waals surface area contributed by atoms with Gasteiger partial charge in [0.15, 0.2) is 0 Å². The van der Waals surface area contributed by atoms with Crippen LogP contribution in [0.2, 0.25) is 0 Å². The highest BCUT2D eigenvalue weighted by Crippen LogP contribution is 2.51. The summed E-state index contributed by atoms with van der Waals surface area (Å²) in [7, 11) is 0. The molecule has 2 aliphatic carbocycles. The van der Waals surface area contributed by atoms with E-state index in [1.165, 1.54) is 12.1 Å². The number of hydrogen-bond acceptors (Lipinski definition) is 5. The zero-order valence-corrected chi connectivity index (χ0v) is 25.5. The number of hydrogen-bond donors (Lipinski definition) is 0. The average molecular weight is 779 g/mol. The molecule has 4 rings (SSSR count). The fraction of sp³-hybridized carbons (Fsp3) is 0.231. The lowest BCUT2D eigenvalue weighted by atomic mass is 9.80. The maximum atomic E-state index is 13.8. The molecular weight excluding hydrogens is 765 g/mol. The molecule has 0 aromatic heterocycles. The van der Waals surface area contributed by atoms with Gasteiger partial charge in [-0.3, -0.25) is 20.2 Å². The molecule has 17 heteroatoms. The molecular formula is C26H14Br2Cl2F6N2O5. The van der Waals surface area contributed by atoms with E-state index in [-0.39, 0.29) is 11.5 Å². The number of benzene rings is 2. The Labute approximate surface area is 265 Å². The molecule has 0 saturated carbocycles. The van der Waals surface area contributed by atoms with Crippen LogP contribution in [0, 0.1) is 20.2 Å². The van der Waals surface area contributed by atoms with Gasteiger partial charge in [-0.2, -0.15) is 26.3 Å². The van der Waals surface area contributed by atoms with Gasteiger partial charge in [0.25, 0.3) is 11.1 Å². The fourth-order valence-corrected chi connectivity index (χ4v) is 6.89. The Morgan fingerprint density at radius 3 is 1.33 bits per heavy atom. The summed E-state index contributed by atoms with van der Waals surface area (Å²) < 4.78 is 88.4. The maximum absolute atomic E-state index is 13.8. The number of nitro groups is 2. The van der Waals surface area contributed by atoms with E-state index in [2.05, 4.69) is 31.9 Å². The Hall–Kier alpha value is -2.88. The molecule has 4 unspecified atom stereocenters. The van der Waals surface area contributed by atoms with Crippen molar-refractivity contribution in [3.8, 4) is 0 Å². The van der Waals surface area contributed by atoms with E-state index < -0.39 is 75.2 Å². The van der Waals surface area contributed by atoms with E-state index in [9.17, 15) is 46.6 Å². The van der Waals surface area contributed by atoms with Crippen LogP contribution < -0.4 is 0 Å². The summed E-state index contributed by atoms with van der Waals surface area (Å²) >= 11 is 18.9. The van der Waals surface area contributed by atoms with Gasteiger partial charge in [0.1, 0.15) is 21.2 Å². The summed E-state index contributed by atoms with van der Waals surface area (Å²) in [5, 5.41) is 23.7. The van der Waals surface area contributed by atoms with Crippen LogP contribution in [0.15, 0.2) is 94.4 Å². The average Bonchev–Trinajstić information content (AvgIpc) is 2.93. The number of rotatable bonds is 6. The zero-order chi connectivity index (χ0) is 32.1. The molecule has 0 fully saturated rings. The maximum Gasteiger partial charge on any atom is 0.416 e. The van der Waals surface area contributed by atoms with Crippen molar-refractivity contribution in [3.05, 3.63) is 137 Å². The number of nitrogens with zero attached hydrogens (tertiary/aromatic N) is 2. The molecule has 228 valence electrons. The van der Waals surface area contributed by atoms with Gasteiger partial charge in [-0.15, -0.1) is 0 Å². The SMILES string of the molecule is O=[N+]([O-])C1(c2ccccc2C(F)(F)F)C=CC(OC2=C(Cl)C(Br)C(c3ccccc3C(F)(F)F)([N+](=O)[O-])C=C2)=C(Cl)C1Br. The van der Waals surface area contributed by atoms with Gasteiger partial charge in [-0.05, 0) is 24.3 Å². The normalized spacial score (nSPS) is 26.1. The smallest absolute Gasteiger partial charge is 0.416 e. The molecule has 2 aromatic carbocycles. The minimum Gasteiger partial charge on any atom is -0.455 e. The second-order valence-electron chi connectivity index (χ2n) is 9.17. The Morgan fingerprint density at radius 2 is 1.02 bits per heavy atom. The van der Waals surface area contributed by atoms with Crippen LogP contribution in [0.1, 0.15) is 22.3 Å². The van der Waals surface area contributed by atoms with Gasteiger partial charge in [-0.25, -0.2) is 0 Å². The third-order valence-electron chi connectivity index (χ3n) is 6.82. The monoisotopic (exact) mass is 776 g/mol. The molecule has 7 nitrogen and oxygen atoms in total. The Bertz CT molecular complexity index is 1510. The first-order valence-electron chi connectivity index (χ1n) is 11.7. The van der Waals surface area contributed by atoms with Crippen LogP contribution >= 0.6 is 55.1 Å². The van der Waals surface area contributed by atoms with Crippen molar-refractivity contribution in [1.82, 2.24) is 0 Å². The third-order valence-corrected chi connectivity index (χ3v) is 10.5. The molecule has 2 aromatic rings. The molecule has 43 heavy (non-hydrogen) atoms. The van der Waals surface area contributed by atoms with Gasteiger partial charge in [-0.1, -0.05) is 91.5 Å². The highest BCUT2D eigenvalue weighted by atomic mass is 79.9. The van der Waals surface area contributed by atoms with Gasteiger partial charge < -0.3 is 4.74 Å². The summed E-state index contributed by atoms with van der Waals surface area (Å²) in [6.07, 6.45) is -6.33. The lowest BCUT2D eigenvalue weighted by Gasteiger charge is -2.34. The van der Waals surface area contributed by atoms with E-state index in [4.69, 9.17) is 27.9 Å². The van der Waals surface area contributed by atoms with Crippen LogP contribution in [0.25, 0.3) is 0 Å². The van der Waals surface area contributed by atoms with Gasteiger partial charge in [0.2, 0.25) is 0 Å². The first-order valence-corrected chi connectivity index (χ1v) is 14.3. The molecule has 2 aliphatic rings. The molecule has 0 radical (unpaired) electrons. The molecule has 0 amide bonds. The second kappa shape index (κ2) is 11.6. The van der Waals surface area contributed by atoms with Gasteiger partial charge in [0, 0.05) is 33.1 Å². The molecule has 0 aliphatic heterocycles. The predicted molar refractivity (Wildman–Crippen MR) is 151 cm³/mol. The standard InChI is InChI=1S/C26H14Br2Cl2F6N2O5/c27-21-19(29)17(9-11-23(21,37(39)40)13-5-1-3-7-15(13)25(31,32)33)43-18-10-12-24(38(41)42,22(28)20(18)30)14-6-2-4-8-16(14)26(34,35)36/h1-12,21-22H. The lowest BCUT2D eigenvalue weighted by molar-refractivity contribution is -0.561. The van der Waals surface area contributed by atoms with Crippen molar-refractivity contribution < 1.29 is 40.9 Å². The van der Waals surface area contributed by atoms with Crippen LogP contribution in [0.3, 0.4) is 0 Å². The van der Waals surface area contributed by atoms with Crippen LogP contribution in [0.4, 0.5) is 26.3 Å². The molecule has 0 spiro atoms. The third kappa shape index (κ3) is 5.49. The largest absolute Gasteiger partial charge is 0.455 e. The van der Waals surface area contributed by atoms with E-state index in [1.807, 2.05) is 0 Å². The molecule has 4 atom stereocenters. The Kier molecular flexibility index (Phi) is 8.88.